The van der Waals surface area contributed by atoms with Crippen molar-refractivity contribution in [3.05, 3.63) is 87.0 Å². The van der Waals surface area contributed by atoms with Gasteiger partial charge in [-0.3, -0.25) is 14.0 Å². The average molecular weight is 528 g/mol. The van der Waals surface area contributed by atoms with Crippen molar-refractivity contribution in [2.45, 2.75) is 25.7 Å². The molecule has 0 spiro atoms. The van der Waals surface area contributed by atoms with Crippen LogP contribution in [0.25, 0.3) is 5.65 Å². The highest BCUT2D eigenvalue weighted by molar-refractivity contribution is 7.10. The summed E-state index contributed by atoms with van der Waals surface area (Å²) in [4.78, 5) is 35.3. The SMILES string of the molecule is CN(C)Cc1ccc2ncc(C(=O)N3CCc4c(C(=O)Nc5cccc(C(F)(F)F)c5)csc4C3)n2c1. The molecule has 1 aliphatic rings. The molecule has 0 fully saturated rings. The van der Waals surface area contributed by atoms with E-state index >= 15 is 0 Å². The van der Waals surface area contributed by atoms with E-state index in [1.165, 1.54) is 23.5 Å². The Balaban J connectivity index is 1.32. The van der Waals surface area contributed by atoms with Gasteiger partial charge in [-0.2, -0.15) is 13.2 Å². The summed E-state index contributed by atoms with van der Waals surface area (Å²) >= 11 is 1.37. The van der Waals surface area contributed by atoms with Gasteiger partial charge in [0.25, 0.3) is 11.8 Å². The third kappa shape index (κ3) is 5.09. The second-order valence-electron chi connectivity index (χ2n) is 9.21. The predicted octanol–water partition coefficient (Wildman–Crippen LogP) is 4.93. The summed E-state index contributed by atoms with van der Waals surface area (Å²) < 4.78 is 40.8. The molecule has 0 saturated heterocycles. The van der Waals surface area contributed by atoms with E-state index in [-0.39, 0.29) is 11.6 Å². The number of imidazole rings is 1. The number of fused-ring (bicyclic) bond motifs is 2. The molecule has 1 aromatic carbocycles. The van der Waals surface area contributed by atoms with Gasteiger partial charge >= 0.3 is 6.18 Å². The topological polar surface area (TPSA) is 70.0 Å². The van der Waals surface area contributed by atoms with Gasteiger partial charge in [0.2, 0.25) is 0 Å². The Bertz CT molecular complexity index is 1490. The second kappa shape index (κ2) is 9.64. The molecule has 37 heavy (non-hydrogen) atoms. The van der Waals surface area contributed by atoms with Crippen LogP contribution in [0.15, 0.2) is 54.2 Å². The Hall–Kier alpha value is -3.70. The number of hydrogen-bond acceptors (Lipinski definition) is 5. The van der Waals surface area contributed by atoms with Crippen molar-refractivity contribution in [1.29, 1.82) is 0 Å². The van der Waals surface area contributed by atoms with Crippen molar-refractivity contribution in [2.24, 2.45) is 0 Å². The zero-order chi connectivity index (χ0) is 26.3. The first-order valence-electron chi connectivity index (χ1n) is 11.6. The van der Waals surface area contributed by atoms with Crippen LogP contribution in [0, 0.1) is 0 Å². The average Bonchev–Trinajstić information content (AvgIpc) is 3.46. The smallest absolute Gasteiger partial charge is 0.332 e. The number of hydrogen-bond donors (Lipinski definition) is 1. The van der Waals surface area contributed by atoms with Crippen molar-refractivity contribution in [2.75, 3.05) is 26.0 Å². The Labute approximate surface area is 215 Å². The lowest BCUT2D eigenvalue weighted by Crippen LogP contribution is -2.36. The number of rotatable bonds is 5. The highest BCUT2D eigenvalue weighted by Gasteiger charge is 2.31. The fourth-order valence-electron chi connectivity index (χ4n) is 4.47. The number of aromatic nitrogens is 2. The third-order valence-electron chi connectivity index (χ3n) is 6.21. The molecular formula is C26H24F3N5O2S. The van der Waals surface area contributed by atoms with Crippen LogP contribution in [0.3, 0.4) is 0 Å². The predicted molar refractivity (Wildman–Crippen MR) is 135 cm³/mol. The first kappa shape index (κ1) is 25.0. The van der Waals surface area contributed by atoms with E-state index < -0.39 is 17.6 Å². The number of alkyl halides is 3. The Kier molecular flexibility index (Phi) is 6.50. The van der Waals surface area contributed by atoms with E-state index in [0.717, 1.165) is 34.7 Å². The summed E-state index contributed by atoms with van der Waals surface area (Å²) in [5.41, 5.74) is 2.71. The van der Waals surface area contributed by atoms with E-state index in [9.17, 15) is 22.8 Å². The molecule has 0 saturated carbocycles. The van der Waals surface area contributed by atoms with Crippen molar-refractivity contribution < 1.29 is 22.8 Å². The maximum atomic E-state index is 13.4. The molecule has 2 amide bonds. The summed E-state index contributed by atoms with van der Waals surface area (Å²) in [5, 5.41) is 4.27. The number of benzene rings is 1. The highest BCUT2D eigenvalue weighted by atomic mass is 32.1. The van der Waals surface area contributed by atoms with Crippen LogP contribution in [0.1, 0.15) is 42.4 Å². The number of anilines is 1. The normalized spacial score (nSPS) is 13.7. The van der Waals surface area contributed by atoms with E-state index in [1.807, 2.05) is 37.3 Å². The summed E-state index contributed by atoms with van der Waals surface area (Å²) in [7, 11) is 3.95. The van der Waals surface area contributed by atoms with E-state index in [0.29, 0.717) is 36.4 Å². The van der Waals surface area contributed by atoms with Gasteiger partial charge in [-0.25, -0.2) is 4.98 Å². The second-order valence-corrected chi connectivity index (χ2v) is 10.2. The summed E-state index contributed by atoms with van der Waals surface area (Å²) in [6, 6.07) is 8.43. The lowest BCUT2D eigenvalue weighted by Gasteiger charge is -2.27. The van der Waals surface area contributed by atoms with Crippen molar-refractivity contribution in [3.8, 4) is 0 Å². The number of nitrogens with one attached hydrogen (secondary N) is 1. The maximum Gasteiger partial charge on any atom is 0.416 e. The van der Waals surface area contributed by atoms with Gasteiger partial charge in [-0.05, 0) is 55.9 Å². The van der Waals surface area contributed by atoms with Crippen LogP contribution in [-0.2, 0) is 25.7 Å². The summed E-state index contributed by atoms with van der Waals surface area (Å²) in [6.07, 6.45) is -0.521. The van der Waals surface area contributed by atoms with Crippen molar-refractivity contribution >= 4 is 34.5 Å². The fourth-order valence-corrected chi connectivity index (χ4v) is 5.56. The molecular weight excluding hydrogens is 503 g/mol. The number of carbonyl (C=O) groups is 2. The van der Waals surface area contributed by atoms with Crippen LogP contribution in [0.4, 0.5) is 18.9 Å². The van der Waals surface area contributed by atoms with Gasteiger partial charge in [0.1, 0.15) is 11.3 Å². The quantitative estimate of drug-likeness (QED) is 0.400. The molecule has 5 rings (SSSR count). The zero-order valence-corrected chi connectivity index (χ0v) is 21.0. The first-order chi connectivity index (χ1) is 17.6. The number of amides is 2. The molecule has 0 radical (unpaired) electrons. The standard InChI is InChI=1S/C26H24F3N5O2S/c1-32(2)12-16-6-7-23-30-11-21(34(23)13-16)25(36)33-9-8-19-20(15-37-22(19)14-33)24(35)31-18-5-3-4-17(10-18)26(27,28)29/h3-7,10-11,13,15H,8-9,12,14H2,1-2H3,(H,31,35). The van der Waals surface area contributed by atoms with E-state index in [1.54, 1.807) is 20.9 Å². The minimum Gasteiger partial charge on any atom is -0.332 e. The Morgan fingerprint density at radius 1 is 1.19 bits per heavy atom. The minimum absolute atomic E-state index is 0.0774. The highest BCUT2D eigenvalue weighted by Crippen LogP contribution is 2.32. The lowest BCUT2D eigenvalue weighted by atomic mass is 10.0. The van der Waals surface area contributed by atoms with E-state index in [4.69, 9.17) is 0 Å². The molecule has 0 aliphatic carbocycles. The number of halogens is 3. The molecule has 1 N–H and O–H groups in total. The summed E-state index contributed by atoms with van der Waals surface area (Å²) in [6.45, 7) is 1.49. The van der Waals surface area contributed by atoms with Crippen LogP contribution in [0.5, 0.6) is 0 Å². The van der Waals surface area contributed by atoms with Gasteiger partial charge in [-0.1, -0.05) is 12.1 Å². The van der Waals surface area contributed by atoms with E-state index in [2.05, 4.69) is 10.3 Å². The molecule has 4 aromatic rings. The van der Waals surface area contributed by atoms with Crippen LogP contribution < -0.4 is 5.32 Å². The van der Waals surface area contributed by atoms with Gasteiger partial charge in [-0.15, -0.1) is 11.3 Å². The van der Waals surface area contributed by atoms with Crippen molar-refractivity contribution in [3.63, 3.8) is 0 Å². The number of pyridine rings is 1. The van der Waals surface area contributed by atoms with Gasteiger partial charge in [0, 0.05) is 35.2 Å². The number of carbonyl (C=O) groups excluding carboxylic acids is 2. The Morgan fingerprint density at radius 3 is 2.76 bits per heavy atom. The van der Waals surface area contributed by atoms with Crippen molar-refractivity contribution in [1.82, 2.24) is 19.2 Å². The number of nitrogens with zero attached hydrogens (tertiary/aromatic N) is 4. The van der Waals surface area contributed by atoms with Gasteiger partial charge < -0.3 is 15.1 Å². The molecule has 4 heterocycles. The molecule has 192 valence electrons. The molecule has 11 heteroatoms. The van der Waals surface area contributed by atoms with Gasteiger partial charge in [0.05, 0.1) is 23.9 Å². The molecule has 0 bridgehead atoms. The zero-order valence-electron chi connectivity index (χ0n) is 20.2. The van der Waals surface area contributed by atoms with Crippen LogP contribution in [0.2, 0.25) is 0 Å². The minimum atomic E-state index is -4.49. The Morgan fingerprint density at radius 2 is 2.00 bits per heavy atom. The third-order valence-corrected chi connectivity index (χ3v) is 7.22. The monoisotopic (exact) mass is 527 g/mol. The lowest BCUT2D eigenvalue weighted by molar-refractivity contribution is -0.137. The summed E-state index contributed by atoms with van der Waals surface area (Å²) in [5.74, 6) is -0.615. The fraction of sp³-hybridized carbons (Fsp3) is 0.269. The van der Waals surface area contributed by atoms with Crippen LogP contribution >= 0.6 is 11.3 Å². The molecule has 7 nitrogen and oxygen atoms in total. The number of thiophene rings is 1. The molecule has 0 unspecified atom stereocenters. The van der Waals surface area contributed by atoms with Crippen LogP contribution in [-0.4, -0.2) is 51.6 Å². The molecule has 0 atom stereocenters. The molecule has 3 aromatic heterocycles. The molecule has 1 aliphatic heterocycles. The van der Waals surface area contributed by atoms with Gasteiger partial charge in [0.15, 0.2) is 0 Å². The largest absolute Gasteiger partial charge is 0.416 e. The first-order valence-corrected chi connectivity index (χ1v) is 12.5. The maximum absolute atomic E-state index is 13.4.